The molecule has 0 heterocycles. The Kier molecular flexibility index (Phi) is 6.96. The molecule has 1 saturated carbocycles. The first-order valence-electron chi connectivity index (χ1n) is 6.35. The number of ether oxygens (including phenoxy) is 1. The summed E-state index contributed by atoms with van der Waals surface area (Å²) in [5.74, 6) is 0.595. The number of nitrogens with two attached hydrogens (primary N) is 1. The fourth-order valence-corrected chi connectivity index (χ4v) is 2.45. The predicted molar refractivity (Wildman–Crippen MR) is 65.3 cm³/mol. The van der Waals surface area contributed by atoms with Crippen molar-refractivity contribution in [3.8, 4) is 0 Å². The molecule has 4 heteroatoms. The number of aliphatic hydroxyl groups excluding tert-OH is 1. The van der Waals surface area contributed by atoms with Crippen LogP contribution in [0.2, 0.25) is 0 Å². The number of hydrogen-bond acceptors (Lipinski definition) is 4. The monoisotopic (exact) mass is 230 g/mol. The quantitative estimate of drug-likeness (QED) is 0.666. The van der Waals surface area contributed by atoms with Crippen LogP contribution in [0.5, 0.6) is 0 Å². The molecule has 1 rings (SSSR count). The molecule has 0 saturated heterocycles. The topological polar surface area (TPSA) is 58.7 Å². The third-order valence-corrected chi connectivity index (χ3v) is 3.49. The van der Waals surface area contributed by atoms with E-state index in [9.17, 15) is 0 Å². The van der Waals surface area contributed by atoms with E-state index in [0.29, 0.717) is 12.0 Å². The maximum Gasteiger partial charge on any atom is 0.0589 e. The lowest BCUT2D eigenvalue weighted by molar-refractivity contribution is 0.108. The Bertz CT molecular complexity index is 178. The lowest BCUT2D eigenvalue weighted by Crippen LogP contribution is -2.43. The van der Waals surface area contributed by atoms with Crippen LogP contribution in [-0.2, 0) is 4.74 Å². The highest BCUT2D eigenvalue weighted by atomic mass is 16.5. The fraction of sp³-hybridized carbons (Fsp3) is 1.00. The van der Waals surface area contributed by atoms with E-state index < -0.39 is 0 Å². The molecule has 0 radical (unpaired) electrons. The zero-order chi connectivity index (χ0) is 11.8. The second-order valence-corrected chi connectivity index (χ2v) is 4.73. The number of hydrogen-bond donors (Lipinski definition) is 2. The van der Waals surface area contributed by atoms with Crippen LogP contribution in [0.15, 0.2) is 0 Å². The van der Waals surface area contributed by atoms with Gasteiger partial charge in [0, 0.05) is 32.8 Å². The Morgan fingerprint density at radius 1 is 1.31 bits per heavy atom. The molecule has 96 valence electrons. The molecule has 0 bridgehead atoms. The molecule has 1 fully saturated rings. The fourth-order valence-electron chi connectivity index (χ4n) is 2.45. The van der Waals surface area contributed by atoms with Crippen LogP contribution in [0.1, 0.15) is 25.7 Å². The SMILES string of the molecule is COCCN(CCO)CC1CCCCC1N. The molecular weight excluding hydrogens is 204 g/mol. The zero-order valence-electron chi connectivity index (χ0n) is 10.4. The van der Waals surface area contributed by atoms with Crippen molar-refractivity contribution in [1.82, 2.24) is 4.90 Å². The summed E-state index contributed by atoms with van der Waals surface area (Å²) in [5.41, 5.74) is 6.13. The summed E-state index contributed by atoms with van der Waals surface area (Å²) >= 11 is 0. The molecule has 0 aromatic carbocycles. The first-order chi connectivity index (χ1) is 7.77. The molecule has 1 aliphatic carbocycles. The Balaban J connectivity index is 2.33. The van der Waals surface area contributed by atoms with Crippen LogP contribution in [0.25, 0.3) is 0 Å². The first kappa shape index (κ1) is 13.9. The van der Waals surface area contributed by atoms with Gasteiger partial charge in [-0.25, -0.2) is 0 Å². The summed E-state index contributed by atoms with van der Waals surface area (Å²) < 4.78 is 5.08. The molecule has 4 nitrogen and oxygen atoms in total. The van der Waals surface area contributed by atoms with Gasteiger partial charge in [-0.2, -0.15) is 0 Å². The molecule has 0 spiro atoms. The van der Waals surface area contributed by atoms with E-state index in [1.54, 1.807) is 7.11 Å². The van der Waals surface area contributed by atoms with Gasteiger partial charge < -0.3 is 15.6 Å². The smallest absolute Gasteiger partial charge is 0.0589 e. The molecule has 0 aromatic rings. The van der Waals surface area contributed by atoms with Crippen LogP contribution in [0, 0.1) is 5.92 Å². The van der Waals surface area contributed by atoms with Crippen LogP contribution < -0.4 is 5.73 Å². The molecule has 0 aliphatic heterocycles. The highest BCUT2D eigenvalue weighted by Gasteiger charge is 2.23. The van der Waals surface area contributed by atoms with E-state index in [0.717, 1.165) is 32.7 Å². The molecule has 1 aliphatic rings. The van der Waals surface area contributed by atoms with Gasteiger partial charge in [0.1, 0.15) is 0 Å². The predicted octanol–water partition coefficient (Wildman–Crippen LogP) is 0.445. The van der Waals surface area contributed by atoms with Gasteiger partial charge in [0.25, 0.3) is 0 Å². The highest BCUT2D eigenvalue weighted by molar-refractivity contribution is 4.80. The van der Waals surface area contributed by atoms with Crippen molar-refractivity contribution < 1.29 is 9.84 Å². The van der Waals surface area contributed by atoms with E-state index in [4.69, 9.17) is 15.6 Å². The number of rotatable bonds is 7. The van der Waals surface area contributed by atoms with E-state index >= 15 is 0 Å². The minimum Gasteiger partial charge on any atom is -0.395 e. The first-order valence-corrected chi connectivity index (χ1v) is 6.35. The van der Waals surface area contributed by atoms with Gasteiger partial charge in [0.05, 0.1) is 13.2 Å². The van der Waals surface area contributed by atoms with Crippen LogP contribution in [0.3, 0.4) is 0 Å². The summed E-state index contributed by atoms with van der Waals surface area (Å²) in [4.78, 5) is 2.26. The largest absolute Gasteiger partial charge is 0.395 e. The molecule has 0 aromatic heterocycles. The Morgan fingerprint density at radius 3 is 2.69 bits per heavy atom. The van der Waals surface area contributed by atoms with Crippen molar-refractivity contribution >= 4 is 0 Å². The lowest BCUT2D eigenvalue weighted by Gasteiger charge is -2.33. The third kappa shape index (κ3) is 4.78. The molecule has 2 unspecified atom stereocenters. The summed E-state index contributed by atoms with van der Waals surface area (Å²) in [5, 5.41) is 9.02. The van der Waals surface area contributed by atoms with Gasteiger partial charge in [0.2, 0.25) is 0 Å². The molecule has 0 amide bonds. The van der Waals surface area contributed by atoms with E-state index in [1.165, 1.54) is 19.3 Å². The van der Waals surface area contributed by atoms with Crippen molar-refractivity contribution in [3.05, 3.63) is 0 Å². The van der Waals surface area contributed by atoms with E-state index in [1.807, 2.05) is 0 Å². The molecule has 16 heavy (non-hydrogen) atoms. The van der Waals surface area contributed by atoms with Crippen molar-refractivity contribution in [1.29, 1.82) is 0 Å². The maximum atomic E-state index is 9.02. The normalized spacial score (nSPS) is 26.2. The van der Waals surface area contributed by atoms with Gasteiger partial charge in [-0.05, 0) is 18.8 Å². The minimum atomic E-state index is 0.214. The van der Waals surface area contributed by atoms with Gasteiger partial charge in [-0.1, -0.05) is 12.8 Å². The second kappa shape index (κ2) is 8.01. The maximum absolute atomic E-state index is 9.02. The van der Waals surface area contributed by atoms with Crippen LogP contribution in [-0.4, -0.2) is 56.0 Å². The summed E-state index contributed by atoms with van der Waals surface area (Å²) in [6.45, 7) is 3.56. The van der Waals surface area contributed by atoms with Crippen molar-refractivity contribution in [3.63, 3.8) is 0 Å². The third-order valence-electron chi connectivity index (χ3n) is 3.49. The number of aliphatic hydroxyl groups is 1. The molecular formula is C12H26N2O2. The number of nitrogens with zero attached hydrogens (tertiary/aromatic N) is 1. The van der Waals surface area contributed by atoms with Crippen molar-refractivity contribution in [2.24, 2.45) is 11.7 Å². The Morgan fingerprint density at radius 2 is 2.06 bits per heavy atom. The minimum absolute atomic E-state index is 0.214. The lowest BCUT2D eigenvalue weighted by atomic mass is 9.85. The average Bonchev–Trinajstić information content (AvgIpc) is 2.29. The van der Waals surface area contributed by atoms with Gasteiger partial charge >= 0.3 is 0 Å². The van der Waals surface area contributed by atoms with Crippen LogP contribution >= 0.6 is 0 Å². The summed E-state index contributed by atoms with van der Waals surface area (Å²) in [6.07, 6.45) is 4.96. The van der Waals surface area contributed by atoms with Gasteiger partial charge in [-0.15, -0.1) is 0 Å². The van der Waals surface area contributed by atoms with Crippen LogP contribution in [0.4, 0.5) is 0 Å². The zero-order valence-corrected chi connectivity index (χ0v) is 10.4. The van der Waals surface area contributed by atoms with Crippen molar-refractivity contribution in [2.45, 2.75) is 31.7 Å². The average molecular weight is 230 g/mol. The van der Waals surface area contributed by atoms with Gasteiger partial charge in [0.15, 0.2) is 0 Å². The van der Waals surface area contributed by atoms with Crippen molar-refractivity contribution in [2.75, 3.05) is 40.0 Å². The highest BCUT2D eigenvalue weighted by Crippen LogP contribution is 2.23. The standard InChI is InChI=1S/C12H26N2O2/c1-16-9-7-14(6-8-15)10-11-4-2-3-5-12(11)13/h11-12,15H,2-10,13H2,1H3. The summed E-state index contributed by atoms with van der Waals surface area (Å²) in [6, 6.07) is 0.345. The van der Waals surface area contributed by atoms with Gasteiger partial charge in [-0.3, -0.25) is 4.90 Å². The molecule has 2 atom stereocenters. The van der Waals surface area contributed by atoms with E-state index in [2.05, 4.69) is 4.90 Å². The summed E-state index contributed by atoms with van der Waals surface area (Å²) in [7, 11) is 1.71. The van der Waals surface area contributed by atoms with E-state index in [-0.39, 0.29) is 6.61 Å². The second-order valence-electron chi connectivity index (χ2n) is 4.73. The Hall–Kier alpha value is -0.160. The molecule has 3 N–H and O–H groups in total. The number of methoxy groups -OCH3 is 1. The Labute approximate surface area is 98.8 Å².